The smallest absolute Gasteiger partial charge is 0.0771 e. The van der Waals surface area contributed by atoms with Crippen LogP contribution in [0.15, 0.2) is 42.5 Å². The maximum absolute atomic E-state index is 3.50. The Labute approximate surface area is 85.0 Å². The van der Waals surface area contributed by atoms with Gasteiger partial charge in [0.1, 0.15) is 0 Å². The molecule has 0 aromatic heterocycles. The van der Waals surface area contributed by atoms with Gasteiger partial charge in [-0.2, -0.15) is 0 Å². The molecule has 0 spiro atoms. The van der Waals surface area contributed by atoms with Gasteiger partial charge in [-0.05, 0) is 12.5 Å². The van der Waals surface area contributed by atoms with Gasteiger partial charge in [-0.15, -0.1) is 0 Å². The van der Waals surface area contributed by atoms with E-state index in [1.807, 2.05) is 6.07 Å². The molecule has 0 amide bonds. The lowest BCUT2D eigenvalue weighted by atomic mass is 10.1. The predicted molar refractivity (Wildman–Crippen MR) is 58.9 cm³/mol. The van der Waals surface area contributed by atoms with Crippen LogP contribution in [0.1, 0.15) is 18.5 Å². The van der Waals surface area contributed by atoms with E-state index in [-0.39, 0.29) is 0 Å². The van der Waals surface area contributed by atoms with E-state index >= 15 is 0 Å². The largest absolute Gasteiger partial charge is 0.295 e. The van der Waals surface area contributed by atoms with Gasteiger partial charge in [0, 0.05) is 12.6 Å². The van der Waals surface area contributed by atoms with Gasteiger partial charge < -0.3 is 0 Å². The van der Waals surface area contributed by atoms with Crippen LogP contribution in [-0.2, 0) is 0 Å². The molecule has 1 aliphatic rings. The Balaban J connectivity index is 1.95. The van der Waals surface area contributed by atoms with E-state index < -0.39 is 0 Å². The Morgan fingerprint density at radius 2 is 2.14 bits per heavy atom. The van der Waals surface area contributed by atoms with Gasteiger partial charge in [-0.3, -0.25) is 10.6 Å². The molecule has 0 saturated carbocycles. The van der Waals surface area contributed by atoms with Crippen LogP contribution in [0.4, 0.5) is 0 Å². The van der Waals surface area contributed by atoms with Crippen molar-refractivity contribution in [2.24, 2.45) is 0 Å². The second-order valence-corrected chi connectivity index (χ2v) is 3.61. The molecule has 0 aliphatic carbocycles. The molecule has 0 radical (unpaired) electrons. The van der Waals surface area contributed by atoms with E-state index in [4.69, 9.17) is 0 Å². The molecule has 0 bridgehead atoms. The van der Waals surface area contributed by atoms with E-state index in [0.29, 0.717) is 12.2 Å². The minimum Gasteiger partial charge on any atom is -0.295 e. The first kappa shape index (κ1) is 9.44. The monoisotopic (exact) mass is 188 g/mol. The molecule has 2 heteroatoms. The Morgan fingerprint density at radius 1 is 1.36 bits per heavy atom. The first-order valence-corrected chi connectivity index (χ1v) is 5.07. The number of benzene rings is 1. The van der Waals surface area contributed by atoms with Crippen LogP contribution >= 0.6 is 0 Å². The second-order valence-electron chi connectivity index (χ2n) is 3.61. The van der Waals surface area contributed by atoms with E-state index in [9.17, 15) is 0 Å². The molecule has 14 heavy (non-hydrogen) atoms. The zero-order valence-corrected chi connectivity index (χ0v) is 8.40. The summed E-state index contributed by atoms with van der Waals surface area (Å²) in [5.41, 5.74) is 1.33. The molecule has 1 aliphatic heterocycles. The van der Waals surface area contributed by atoms with Crippen molar-refractivity contribution in [3.8, 4) is 0 Å². The molecule has 0 saturated heterocycles. The van der Waals surface area contributed by atoms with Crippen molar-refractivity contribution in [3.05, 3.63) is 48.0 Å². The molecule has 1 aromatic carbocycles. The SMILES string of the molecule is CC(NC1C=CCN1)c1ccccc1. The Hall–Kier alpha value is -1.12. The third-order valence-electron chi connectivity index (χ3n) is 2.51. The van der Waals surface area contributed by atoms with Crippen LogP contribution in [0.25, 0.3) is 0 Å². The van der Waals surface area contributed by atoms with Crippen molar-refractivity contribution in [3.63, 3.8) is 0 Å². The summed E-state index contributed by atoms with van der Waals surface area (Å²) in [6, 6.07) is 10.9. The summed E-state index contributed by atoms with van der Waals surface area (Å²) in [7, 11) is 0. The van der Waals surface area contributed by atoms with Gasteiger partial charge >= 0.3 is 0 Å². The summed E-state index contributed by atoms with van der Waals surface area (Å²) in [6.45, 7) is 3.16. The summed E-state index contributed by atoms with van der Waals surface area (Å²) >= 11 is 0. The molecule has 2 unspecified atom stereocenters. The Kier molecular flexibility index (Phi) is 2.96. The third kappa shape index (κ3) is 2.22. The van der Waals surface area contributed by atoms with Gasteiger partial charge in [0.25, 0.3) is 0 Å². The van der Waals surface area contributed by atoms with Gasteiger partial charge in [0.05, 0.1) is 6.17 Å². The molecule has 2 atom stereocenters. The third-order valence-corrected chi connectivity index (χ3v) is 2.51. The molecule has 74 valence electrons. The molecule has 1 aromatic rings. The summed E-state index contributed by atoms with van der Waals surface area (Å²) in [6.07, 6.45) is 4.64. The minimum atomic E-state index is 0.324. The van der Waals surface area contributed by atoms with Crippen molar-refractivity contribution in [2.45, 2.75) is 19.1 Å². The molecule has 2 rings (SSSR count). The average Bonchev–Trinajstić information content (AvgIpc) is 2.72. The van der Waals surface area contributed by atoms with Crippen LogP contribution < -0.4 is 10.6 Å². The molecular weight excluding hydrogens is 172 g/mol. The summed E-state index contributed by atoms with van der Waals surface area (Å²) in [5, 5.41) is 6.83. The highest BCUT2D eigenvalue weighted by atomic mass is 15.1. The van der Waals surface area contributed by atoms with Gasteiger partial charge in [0.2, 0.25) is 0 Å². The van der Waals surface area contributed by atoms with Crippen LogP contribution in [0.5, 0.6) is 0 Å². The van der Waals surface area contributed by atoms with Crippen molar-refractivity contribution < 1.29 is 0 Å². The van der Waals surface area contributed by atoms with Crippen molar-refractivity contribution in [1.82, 2.24) is 10.6 Å². The second kappa shape index (κ2) is 4.40. The Bertz CT molecular complexity index is 305. The fourth-order valence-corrected chi connectivity index (χ4v) is 1.69. The molecule has 1 heterocycles. The van der Waals surface area contributed by atoms with E-state index in [1.54, 1.807) is 0 Å². The number of rotatable bonds is 3. The topological polar surface area (TPSA) is 24.1 Å². The lowest BCUT2D eigenvalue weighted by Gasteiger charge is -2.19. The fourth-order valence-electron chi connectivity index (χ4n) is 1.69. The van der Waals surface area contributed by atoms with Crippen LogP contribution in [0.2, 0.25) is 0 Å². The number of nitrogens with one attached hydrogen (secondary N) is 2. The first-order chi connectivity index (χ1) is 6.86. The maximum atomic E-state index is 3.50. The zero-order valence-electron chi connectivity index (χ0n) is 8.40. The standard InChI is InChI=1S/C12H16N2/c1-10(11-6-3-2-4-7-11)14-12-8-5-9-13-12/h2-8,10,12-14H,9H2,1H3. The lowest BCUT2D eigenvalue weighted by Crippen LogP contribution is -2.38. The summed E-state index contributed by atoms with van der Waals surface area (Å²) in [4.78, 5) is 0. The van der Waals surface area contributed by atoms with Crippen molar-refractivity contribution in [1.29, 1.82) is 0 Å². The van der Waals surface area contributed by atoms with Gasteiger partial charge in [-0.25, -0.2) is 0 Å². The van der Waals surface area contributed by atoms with Crippen molar-refractivity contribution in [2.75, 3.05) is 6.54 Å². The lowest BCUT2D eigenvalue weighted by molar-refractivity contribution is 0.473. The van der Waals surface area contributed by atoms with E-state index in [2.05, 4.69) is 54.0 Å². The molecule has 2 nitrogen and oxygen atoms in total. The van der Waals surface area contributed by atoms with E-state index in [0.717, 1.165) is 6.54 Å². The minimum absolute atomic E-state index is 0.324. The van der Waals surface area contributed by atoms with Crippen LogP contribution in [-0.4, -0.2) is 12.7 Å². The first-order valence-electron chi connectivity index (χ1n) is 5.07. The average molecular weight is 188 g/mol. The van der Waals surface area contributed by atoms with Gasteiger partial charge in [0.15, 0.2) is 0 Å². The summed E-state index contributed by atoms with van der Waals surface area (Å²) in [5.74, 6) is 0. The maximum Gasteiger partial charge on any atom is 0.0771 e. The molecular formula is C12H16N2. The number of hydrogen-bond acceptors (Lipinski definition) is 2. The van der Waals surface area contributed by atoms with Crippen LogP contribution in [0, 0.1) is 0 Å². The van der Waals surface area contributed by atoms with Gasteiger partial charge in [-0.1, -0.05) is 42.5 Å². The fraction of sp³-hybridized carbons (Fsp3) is 0.333. The highest BCUT2D eigenvalue weighted by molar-refractivity contribution is 5.18. The molecule has 0 fully saturated rings. The highest BCUT2D eigenvalue weighted by Gasteiger charge is 2.11. The zero-order chi connectivity index (χ0) is 9.80. The van der Waals surface area contributed by atoms with E-state index in [1.165, 1.54) is 5.56 Å². The predicted octanol–water partition coefficient (Wildman–Crippen LogP) is 1.82. The van der Waals surface area contributed by atoms with Crippen LogP contribution in [0.3, 0.4) is 0 Å². The highest BCUT2D eigenvalue weighted by Crippen LogP contribution is 2.12. The molecule has 2 N–H and O–H groups in total. The number of hydrogen-bond donors (Lipinski definition) is 2. The normalized spacial score (nSPS) is 22.5. The Morgan fingerprint density at radius 3 is 2.79 bits per heavy atom. The quantitative estimate of drug-likeness (QED) is 0.707. The van der Waals surface area contributed by atoms with Crippen molar-refractivity contribution >= 4 is 0 Å². The summed E-state index contributed by atoms with van der Waals surface area (Å²) < 4.78 is 0.